The third-order valence-corrected chi connectivity index (χ3v) is 6.79. The monoisotopic (exact) mass is 426 g/mol. The Labute approximate surface area is 184 Å². The molecule has 1 aliphatic carbocycles. The topological polar surface area (TPSA) is 76.5 Å². The lowest BCUT2D eigenvalue weighted by molar-refractivity contribution is -0.120. The zero-order chi connectivity index (χ0) is 21.8. The molecule has 1 atom stereocenters. The number of nitrogens with one attached hydrogen (secondary N) is 1. The van der Waals surface area contributed by atoms with Gasteiger partial charge < -0.3 is 19.5 Å². The highest BCUT2D eigenvalue weighted by molar-refractivity contribution is 6.07. The highest BCUT2D eigenvalue weighted by atomic mass is 16.5. The summed E-state index contributed by atoms with van der Waals surface area (Å²) in [6.45, 7) is 4.05. The summed E-state index contributed by atoms with van der Waals surface area (Å²) >= 11 is 0. The van der Waals surface area contributed by atoms with Gasteiger partial charge >= 0.3 is 0 Å². The molecule has 1 N–H and O–H groups in total. The number of methoxy groups -OCH3 is 1. The van der Waals surface area contributed by atoms with E-state index in [1.807, 2.05) is 21.6 Å². The van der Waals surface area contributed by atoms with E-state index in [1.165, 1.54) is 6.42 Å². The lowest BCUT2D eigenvalue weighted by Crippen LogP contribution is -2.42. The van der Waals surface area contributed by atoms with Crippen molar-refractivity contribution >= 4 is 28.5 Å². The molecule has 1 aromatic carbocycles. The summed E-state index contributed by atoms with van der Waals surface area (Å²) in [6, 6.07) is 3.94. The number of hydrogen-bond donors (Lipinski definition) is 1. The van der Waals surface area contributed by atoms with Crippen molar-refractivity contribution in [2.45, 2.75) is 70.9 Å². The molecule has 0 radical (unpaired) electrons. The molecule has 1 aliphatic heterocycles. The van der Waals surface area contributed by atoms with Gasteiger partial charge in [-0.1, -0.05) is 19.3 Å². The van der Waals surface area contributed by atoms with Crippen molar-refractivity contribution in [2.24, 2.45) is 5.92 Å². The number of fused-ring (bicyclic) bond motifs is 1. The van der Waals surface area contributed by atoms with Crippen LogP contribution in [-0.2, 0) is 16.1 Å². The van der Waals surface area contributed by atoms with Crippen LogP contribution in [0.2, 0.25) is 0 Å². The highest BCUT2D eigenvalue weighted by Crippen LogP contribution is 2.29. The van der Waals surface area contributed by atoms with Gasteiger partial charge in [0.15, 0.2) is 0 Å². The van der Waals surface area contributed by atoms with Gasteiger partial charge in [0.25, 0.3) is 5.91 Å². The van der Waals surface area contributed by atoms with Crippen LogP contribution in [0.1, 0.15) is 68.6 Å². The molecule has 1 saturated heterocycles. The van der Waals surface area contributed by atoms with E-state index in [0.29, 0.717) is 24.4 Å². The number of benzene rings is 1. The summed E-state index contributed by atoms with van der Waals surface area (Å²) in [7, 11) is 1.67. The van der Waals surface area contributed by atoms with Crippen molar-refractivity contribution in [2.75, 3.05) is 25.6 Å². The average molecular weight is 427 g/mol. The normalized spacial score (nSPS) is 20.2. The van der Waals surface area contributed by atoms with Crippen LogP contribution in [0.25, 0.3) is 11.0 Å². The van der Waals surface area contributed by atoms with Crippen LogP contribution in [0.3, 0.4) is 0 Å². The molecule has 2 fully saturated rings. The van der Waals surface area contributed by atoms with Crippen molar-refractivity contribution in [1.82, 2.24) is 14.5 Å². The molecule has 4 rings (SSSR count). The minimum absolute atomic E-state index is 0.0186. The predicted molar refractivity (Wildman–Crippen MR) is 121 cm³/mol. The van der Waals surface area contributed by atoms with E-state index in [2.05, 4.69) is 17.2 Å². The Hall–Kier alpha value is -2.41. The first-order valence-corrected chi connectivity index (χ1v) is 11.7. The first-order valence-electron chi connectivity index (χ1n) is 11.7. The molecule has 0 unspecified atom stereocenters. The van der Waals surface area contributed by atoms with Crippen LogP contribution in [0.15, 0.2) is 18.5 Å². The summed E-state index contributed by atoms with van der Waals surface area (Å²) in [5.41, 5.74) is 2.81. The van der Waals surface area contributed by atoms with Gasteiger partial charge in [0.1, 0.15) is 0 Å². The van der Waals surface area contributed by atoms with Crippen LogP contribution in [0.5, 0.6) is 0 Å². The number of anilines is 1. The summed E-state index contributed by atoms with van der Waals surface area (Å²) < 4.78 is 7.22. The fourth-order valence-electron chi connectivity index (χ4n) is 4.97. The molecule has 1 aromatic heterocycles. The largest absolute Gasteiger partial charge is 0.383 e. The van der Waals surface area contributed by atoms with E-state index in [4.69, 9.17) is 4.74 Å². The standard InChI is InChI=1S/C24H34N4O3/c1-17-8-6-7-11-28(17)24(30)20-14-19(26-23(29)18-9-4-3-5-10-18)15-21-22(20)27(16-25-21)12-13-31-2/h14-18H,3-13H2,1-2H3,(H,26,29)/t17-/m0/s1. The van der Waals surface area contributed by atoms with Gasteiger partial charge in [0.05, 0.1) is 29.5 Å². The minimum Gasteiger partial charge on any atom is -0.383 e. The van der Waals surface area contributed by atoms with Crippen LogP contribution in [0, 0.1) is 5.92 Å². The van der Waals surface area contributed by atoms with Crippen molar-refractivity contribution in [3.63, 3.8) is 0 Å². The average Bonchev–Trinajstić information content (AvgIpc) is 3.20. The Balaban J connectivity index is 1.68. The Bertz CT molecular complexity index is 932. The Morgan fingerprint density at radius 3 is 2.65 bits per heavy atom. The molecular weight excluding hydrogens is 392 g/mol. The third-order valence-electron chi connectivity index (χ3n) is 6.79. The Morgan fingerprint density at radius 2 is 1.90 bits per heavy atom. The maximum atomic E-state index is 13.6. The second-order valence-corrected chi connectivity index (χ2v) is 8.99. The number of amides is 2. The lowest BCUT2D eigenvalue weighted by Gasteiger charge is -2.33. The number of hydrogen-bond acceptors (Lipinski definition) is 4. The van der Waals surface area contributed by atoms with E-state index < -0.39 is 0 Å². The molecular formula is C24H34N4O3. The number of rotatable bonds is 6. The summed E-state index contributed by atoms with van der Waals surface area (Å²) in [6.07, 6.45) is 10.3. The molecule has 7 heteroatoms. The number of piperidine rings is 1. The fraction of sp³-hybridized carbons (Fsp3) is 0.625. The van der Waals surface area contributed by atoms with E-state index in [9.17, 15) is 9.59 Å². The quantitative estimate of drug-likeness (QED) is 0.750. The van der Waals surface area contributed by atoms with Gasteiger partial charge in [-0.2, -0.15) is 0 Å². The zero-order valence-electron chi connectivity index (χ0n) is 18.7. The smallest absolute Gasteiger partial charge is 0.256 e. The summed E-state index contributed by atoms with van der Waals surface area (Å²) in [5.74, 6) is 0.137. The second-order valence-electron chi connectivity index (χ2n) is 8.99. The highest BCUT2D eigenvalue weighted by Gasteiger charge is 2.28. The maximum absolute atomic E-state index is 13.6. The molecule has 168 valence electrons. The molecule has 2 aromatic rings. The first kappa shape index (κ1) is 21.8. The van der Waals surface area contributed by atoms with Crippen LogP contribution < -0.4 is 5.32 Å². The molecule has 2 amide bonds. The van der Waals surface area contributed by atoms with Crippen LogP contribution in [0.4, 0.5) is 5.69 Å². The van der Waals surface area contributed by atoms with E-state index in [0.717, 1.165) is 62.5 Å². The second kappa shape index (κ2) is 9.81. The number of aromatic nitrogens is 2. The van der Waals surface area contributed by atoms with Crippen LogP contribution >= 0.6 is 0 Å². The first-order chi connectivity index (χ1) is 15.1. The molecule has 1 saturated carbocycles. The molecule has 7 nitrogen and oxygen atoms in total. The summed E-state index contributed by atoms with van der Waals surface area (Å²) in [5, 5.41) is 3.08. The van der Waals surface area contributed by atoms with Gasteiger partial charge in [0, 0.05) is 37.8 Å². The van der Waals surface area contributed by atoms with Gasteiger partial charge in [-0.3, -0.25) is 9.59 Å². The van der Waals surface area contributed by atoms with E-state index in [-0.39, 0.29) is 23.8 Å². The van der Waals surface area contributed by atoms with Gasteiger partial charge in [-0.15, -0.1) is 0 Å². The molecule has 31 heavy (non-hydrogen) atoms. The number of carbonyl (C=O) groups excluding carboxylic acids is 2. The number of ether oxygens (including phenoxy) is 1. The third kappa shape index (κ3) is 4.76. The van der Waals surface area contributed by atoms with Crippen molar-refractivity contribution in [3.8, 4) is 0 Å². The number of nitrogens with zero attached hydrogens (tertiary/aromatic N) is 3. The Morgan fingerprint density at radius 1 is 1.13 bits per heavy atom. The zero-order valence-corrected chi connectivity index (χ0v) is 18.7. The lowest BCUT2D eigenvalue weighted by atomic mass is 9.88. The van der Waals surface area contributed by atoms with E-state index >= 15 is 0 Å². The van der Waals surface area contributed by atoms with Crippen molar-refractivity contribution in [1.29, 1.82) is 0 Å². The SMILES string of the molecule is COCCn1cnc2cc(NC(=O)C3CCCCC3)cc(C(=O)N3CCCC[C@@H]3C)c21. The minimum atomic E-state index is 0.0186. The van der Waals surface area contributed by atoms with Gasteiger partial charge in [-0.25, -0.2) is 4.98 Å². The predicted octanol–water partition coefficient (Wildman–Crippen LogP) is 4.22. The van der Waals surface area contributed by atoms with Crippen molar-refractivity contribution in [3.05, 3.63) is 24.0 Å². The molecule has 0 bridgehead atoms. The van der Waals surface area contributed by atoms with Crippen molar-refractivity contribution < 1.29 is 14.3 Å². The van der Waals surface area contributed by atoms with Gasteiger partial charge in [-0.05, 0) is 51.2 Å². The number of likely N-dealkylation sites (tertiary alicyclic amines) is 1. The Kier molecular flexibility index (Phi) is 6.90. The van der Waals surface area contributed by atoms with Gasteiger partial charge in [0.2, 0.25) is 5.91 Å². The number of carbonyl (C=O) groups is 2. The van der Waals surface area contributed by atoms with E-state index in [1.54, 1.807) is 13.4 Å². The fourth-order valence-corrected chi connectivity index (χ4v) is 4.97. The molecule has 2 heterocycles. The summed E-state index contributed by atoms with van der Waals surface area (Å²) in [4.78, 5) is 33.0. The van der Waals surface area contributed by atoms with Crippen LogP contribution in [-0.4, -0.2) is 52.6 Å². The number of imidazole rings is 1. The molecule has 2 aliphatic rings. The molecule has 0 spiro atoms. The maximum Gasteiger partial charge on any atom is 0.256 e.